The van der Waals surface area contributed by atoms with Crippen LogP contribution in [-0.2, 0) is 4.74 Å². The molecular weight excluding hydrogens is 174 g/mol. The van der Waals surface area contributed by atoms with Gasteiger partial charge in [0.15, 0.2) is 5.88 Å². The van der Waals surface area contributed by atoms with E-state index < -0.39 is 0 Å². The molecule has 1 atom stereocenters. The molecule has 0 bridgehead atoms. The molecular formula is C12H17NO. The van der Waals surface area contributed by atoms with Gasteiger partial charge in [0.2, 0.25) is 0 Å². The van der Waals surface area contributed by atoms with Gasteiger partial charge in [-0.05, 0) is 18.1 Å². The fourth-order valence-corrected chi connectivity index (χ4v) is 1.39. The normalized spacial score (nSPS) is 12.5. The molecule has 0 aliphatic rings. The third kappa shape index (κ3) is 2.80. The first-order valence-electron chi connectivity index (χ1n) is 4.77. The summed E-state index contributed by atoms with van der Waals surface area (Å²) in [5, 5.41) is 0. The van der Waals surface area contributed by atoms with E-state index in [4.69, 9.17) is 10.5 Å². The summed E-state index contributed by atoms with van der Waals surface area (Å²) in [6, 6.07) is 10.0. The summed E-state index contributed by atoms with van der Waals surface area (Å²) >= 11 is 0. The first-order chi connectivity index (χ1) is 6.61. The lowest BCUT2D eigenvalue weighted by Gasteiger charge is -2.22. The first kappa shape index (κ1) is 10.6. The van der Waals surface area contributed by atoms with Crippen molar-refractivity contribution < 1.29 is 4.74 Å². The van der Waals surface area contributed by atoms with Gasteiger partial charge < -0.3 is 10.5 Å². The molecule has 0 heterocycles. The van der Waals surface area contributed by atoms with Crippen LogP contribution in [0.2, 0.25) is 0 Å². The van der Waals surface area contributed by atoms with Crippen LogP contribution < -0.4 is 5.73 Å². The Hall–Kier alpha value is -1.44. The van der Waals surface area contributed by atoms with Crippen molar-refractivity contribution in [2.75, 3.05) is 0 Å². The van der Waals surface area contributed by atoms with Gasteiger partial charge >= 0.3 is 0 Å². The Morgan fingerprint density at radius 2 is 1.86 bits per heavy atom. The van der Waals surface area contributed by atoms with Crippen LogP contribution in [0.15, 0.2) is 42.8 Å². The Morgan fingerprint density at radius 3 is 2.29 bits per heavy atom. The zero-order chi connectivity index (χ0) is 10.6. The van der Waals surface area contributed by atoms with Gasteiger partial charge in [0.1, 0.15) is 6.10 Å². The molecule has 2 heteroatoms. The van der Waals surface area contributed by atoms with Crippen molar-refractivity contribution in [2.24, 2.45) is 11.7 Å². The minimum absolute atomic E-state index is 0.00583. The summed E-state index contributed by atoms with van der Waals surface area (Å²) in [5.74, 6) is 0.644. The Morgan fingerprint density at radius 1 is 1.29 bits per heavy atom. The predicted molar refractivity (Wildman–Crippen MR) is 58.4 cm³/mol. The van der Waals surface area contributed by atoms with Crippen LogP contribution >= 0.6 is 0 Å². The Balaban J connectivity index is 2.83. The summed E-state index contributed by atoms with van der Waals surface area (Å²) in [5.41, 5.74) is 6.59. The topological polar surface area (TPSA) is 35.2 Å². The van der Waals surface area contributed by atoms with Crippen molar-refractivity contribution in [3.8, 4) is 0 Å². The smallest absolute Gasteiger partial charge is 0.177 e. The van der Waals surface area contributed by atoms with Crippen molar-refractivity contribution in [3.05, 3.63) is 48.4 Å². The fourth-order valence-electron chi connectivity index (χ4n) is 1.39. The van der Waals surface area contributed by atoms with Gasteiger partial charge in [-0.1, -0.05) is 44.2 Å². The summed E-state index contributed by atoms with van der Waals surface area (Å²) in [6.07, 6.45) is -0.00583. The second-order valence-electron chi connectivity index (χ2n) is 3.66. The number of rotatable bonds is 4. The minimum Gasteiger partial charge on any atom is -0.472 e. The van der Waals surface area contributed by atoms with Crippen molar-refractivity contribution in [2.45, 2.75) is 20.0 Å². The monoisotopic (exact) mass is 191 g/mol. The van der Waals surface area contributed by atoms with Crippen LogP contribution in [-0.4, -0.2) is 0 Å². The van der Waals surface area contributed by atoms with Gasteiger partial charge in [0.25, 0.3) is 0 Å². The molecule has 0 radical (unpaired) electrons. The van der Waals surface area contributed by atoms with E-state index in [1.165, 1.54) is 0 Å². The minimum atomic E-state index is -0.00583. The number of hydrogen-bond donors (Lipinski definition) is 1. The molecule has 0 aliphatic carbocycles. The van der Waals surface area contributed by atoms with Crippen LogP contribution in [0.1, 0.15) is 25.5 Å². The molecule has 1 rings (SSSR count). The van der Waals surface area contributed by atoms with E-state index in [0.29, 0.717) is 5.92 Å². The molecule has 0 fully saturated rings. The largest absolute Gasteiger partial charge is 0.472 e. The van der Waals surface area contributed by atoms with Crippen LogP contribution in [0.5, 0.6) is 0 Å². The number of benzene rings is 1. The third-order valence-corrected chi connectivity index (χ3v) is 2.01. The molecule has 1 unspecified atom stereocenters. The number of nitrogens with two attached hydrogens (primary N) is 1. The molecule has 14 heavy (non-hydrogen) atoms. The van der Waals surface area contributed by atoms with Gasteiger partial charge in [-0.15, -0.1) is 0 Å². The van der Waals surface area contributed by atoms with Crippen molar-refractivity contribution in [3.63, 3.8) is 0 Å². The zero-order valence-electron chi connectivity index (χ0n) is 8.73. The summed E-state index contributed by atoms with van der Waals surface area (Å²) < 4.78 is 5.48. The highest BCUT2D eigenvalue weighted by molar-refractivity contribution is 5.18. The molecule has 0 aliphatic heterocycles. The van der Waals surface area contributed by atoms with E-state index in [1.54, 1.807) is 0 Å². The van der Waals surface area contributed by atoms with Crippen LogP contribution in [0, 0.1) is 5.92 Å². The zero-order valence-corrected chi connectivity index (χ0v) is 8.73. The highest BCUT2D eigenvalue weighted by atomic mass is 16.5. The second kappa shape index (κ2) is 4.70. The molecule has 0 aromatic heterocycles. The van der Waals surface area contributed by atoms with Crippen LogP contribution in [0.25, 0.3) is 0 Å². The first-order valence-corrected chi connectivity index (χ1v) is 4.77. The fraction of sp³-hybridized carbons (Fsp3) is 0.333. The van der Waals surface area contributed by atoms with E-state index in [0.717, 1.165) is 5.56 Å². The van der Waals surface area contributed by atoms with Crippen LogP contribution in [0.3, 0.4) is 0 Å². The average Bonchev–Trinajstić information content (AvgIpc) is 2.15. The lowest BCUT2D eigenvalue weighted by molar-refractivity contribution is 0.0759. The maximum atomic E-state index is 5.48. The summed E-state index contributed by atoms with van der Waals surface area (Å²) in [4.78, 5) is 0. The molecule has 2 nitrogen and oxygen atoms in total. The highest BCUT2D eigenvalue weighted by Crippen LogP contribution is 2.26. The molecule has 76 valence electrons. The van der Waals surface area contributed by atoms with E-state index in [2.05, 4.69) is 20.4 Å². The highest BCUT2D eigenvalue weighted by Gasteiger charge is 2.16. The Bertz CT molecular complexity index is 292. The predicted octanol–water partition coefficient (Wildman–Crippen LogP) is 2.83. The molecule has 0 amide bonds. The van der Waals surface area contributed by atoms with Gasteiger partial charge in [-0.2, -0.15) is 0 Å². The lowest BCUT2D eigenvalue weighted by atomic mass is 9.99. The summed E-state index contributed by atoms with van der Waals surface area (Å²) in [7, 11) is 0. The maximum Gasteiger partial charge on any atom is 0.177 e. The van der Waals surface area contributed by atoms with Gasteiger partial charge in [-0.25, -0.2) is 0 Å². The number of hydrogen-bond acceptors (Lipinski definition) is 2. The van der Waals surface area contributed by atoms with Crippen LogP contribution in [0.4, 0.5) is 0 Å². The third-order valence-electron chi connectivity index (χ3n) is 2.01. The van der Waals surface area contributed by atoms with E-state index in [1.807, 2.05) is 30.3 Å². The number of ether oxygens (including phenoxy) is 1. The quantitative estimate of drug-likeness (QED) is 0.743. The molecule has 1 aromatic carbocycles. The molecule has 0 saturated carbocycles. The molecule has 2 N–H and O–H groups in total. The second-order valence-corrected chi connectivity index (χ2v) is 3.66. The molecule has 1 aromatic rings. The van der Waals surface area contributed by atoms with Crippen molar-refractivity contribution >= 4 is 0 Å². The summed E-state index contributed by atoms with van der Waals surface area (Å²) in [6.45, 7) is 7.75. The van der Waals surface area contributed by atoms with E-state index in [9.17, 15) is 0 Å². The Kier molecular flexibility index (Phi) is 3.57. The molecule has 0 spiro atoms. The molecule has 0 saturated heterocycles. The van der Waals surface area contributed by atoms with Crippen molar-refractivity contribution in [1.82, 2.24) is 0 Å². The van der Waals surface area contributed by atoms with E-state index in [-0.39, 0.29) is 12.0 Å². The van der Waals surface area contributed by atoms with Crippen molar-refractivity contribution in [1.29, 1.82) is 0 Å². The van der Waals surface area contributed by atoms with Gasteiger partial charge in [0, 0.05) is 0 Å². The standard InChI is InChI=1S/C12H17NO/c1-9(2)12(14-10(3)13)11-7-5-4-6-8-11/h4-9,12H,3,13H2,1-2H3. The Labute approximate surface area is 85.4 Å². The SMILES string of the molecule is C=C(N)OC(c1ccccc1)C(C)C. The van der Waals surface area contributed by atoms with Gasteiger partial charge in [0.05, 0.1) is 0 Å². The average molecular weight is 191 g/mol. The van der Waals surface area contributed by atoms with Gasteiger partial charge in [-0.3, -0.25) is 0 Å². The maximum absolute atomic E-state index is 5.48. The van der Waals surface area contributed by atoms with E-state index >= 15 is 0 Å². The lowest BCUT2D eigenvalue weighted by Crippen LogP contribution is -2.13.